The zero-order chi connectivity index (χ0) is 26.0. The highest BCUT2D eigenvalue weighted by Crippen LogP contribution is 2.42. The highest BCUT2D eigenvalue weighted by atomic mass is 79.9. The van der Waals surface area contributed by atoms with Crippen LogP contribution >= 0.6 is 15.9 Å². The normalized spacial score (nSPS) is 16.8. The third-order valence-corrected chi connectivity index (χ3v) is 6.84. The van der Waals surface area contributed by atoms with E-state index < -0.39 is 17.7 Å². The standard InChI is InChI=1S/C28H27BrN2O5/c1-30(2)20-12-9-17(10-13-20)25-24(26(32)18-11-14-23(36-4)21(29)15-18)27(33)28(34)31(25)16-19-7-5-6-8-22(19)35-3/h5-15,25,32H,16H2,1-4H3/b26-24-. The van der Waals surface area contributed by atoms with Crippen molar-refractivity contribution in [3.63, 3.8) is 0 Å². The van der Waals surface area contributed by atoms with Crippen LogP contribution in [0.3, 0.4) is 0 Å². The number of methoxy groups -OCH3 is 2. The van der Waals surface area contributed by atoms with Crippen LogP contribution in [0, 0.1) is 0 Å². The van der Waals surface area contributed by atoms with Gasteiger partial charge >= 0.3 is 0 Å². The molecular formula is C28H27BrN2O5. The molecule has 36 heavy (non-hydrogen) atoms. The molecule has 8 heteroatoms. The number of amides is 1. The van der Waals surface area contributed by atoms with E-state index in [9.17, 15) is 14.7 Å². The molecule has 3 aromatic carbocycles. The van der Waals surface area contributed by atoms with Gasteiger partial charge in [-0.2, -0.15) is 0 Å². The van der Waals surface area contributed by atoms with E-state index in [2.05, 4.69) is 15.9 Å². The van der Waals surface area contributed by atoms with Gasteiger partial charge in [-0.1, -0.05) is 30.3 Å². The lowest BCUT2D eigenvalue weighted by atomic mass is 9.95. The molecule has 4 rings (SSSR count). The number of aliphatic hydroxyl groups excluding tert-OH is 1. The Morgan fingerprint density at radius 2 is 1.64 bits per heavy atom. The van der Waals surface area contributed by atoms with Crippen LogP contribution in [0.5, 0.6) is 11.5 Å². The summed E-state index contributed by atoms with van der Waals surface area (Å²) in [5.74, 6) is -0.479. The molecule has 0 spiro atoms. The van der Waals surface area contributed by atoms with Crippen LogP contribution in [0.4, 0.5) is 5.69 Å². The molecule has 0 aliphatic carbocycles. The van der Waals surface area contributed by atoms with Gasteiger partial charge in [-0.3, -0.25) is 9.59 Å². The number of hydrogen-bond donors (Lipinski definition) is 1. The molecule has 1 atom stereocenters. The average molecular weight is 551 g/mol. The Morgan fingerprint density at radius 3 is 2.25 bits per heavy atom. The summed E-state index contributed by atoms with van der Waals surface area (Å²) in [6.45, 7) is 0.137. The van der Waals surface area contributed by atoms with Gasteiger partial charge in [0.2, 0.25) is 0 Å². The van der Waals surface area contributed by atoms with E-state index in [0.29, 0.717) is 27.1 Å². The Bertz CT molecular complexity index is 1330. The fraction of sp³-hybridized carbons (Fsp3) is 0.214. The molecule has 1 heterocycles. The second-order valence-electron chi connectivity index (χ2n) is 8.57. The van der Waals surface area contributed by atoms with Crippen LogP contribution < -0.4 is 14.4 Å². The lowest BCUT2D eigenvalue weighted by Crippen LogP contribution is -2.29. The van der Waals surface area contributed by atoms with Crippen molar-refractivity contribution in [2.75, 3.05) is 33.2 Å². The smallest absolute Gasteiger partial charge is 0.295 e. The number of halogens is 1. The summed E-state index contributed by atoms with van der Waals surface area (Å²) in [6.07, 6.45) is 0. The second kappa shape index (κ2) is 10.5. The quantitative estimate of drug-likeness (QED) is 0.249. The number of ketones is 1. The fourth-order valence-corrected chi connectivity index (χ4v) is 4.87. The van der Waals surface area contributed by atoms with Gasteiger partial charge in [0.05, 0.1) is 36.9 Å². The summed E-state index contributed by atoms with van der Waals surface area (Å²) >= 11 is 3.43. The lowest BCUT2D eigenvalue weighted by molar-refractivity contribution is -0.140. The van der Waals surface area contributed by atoms with Gasteiger partial charge in [0.15, 0.2) is 0 Å². The van der Waals surface area contributed by atoms with Gasteiger partial charge in [0.25, 0.3) is 11.7 Å². The summed E-state index contributed by atoms with van der Waals surface area (Å²) in [5, 5.41) is 11.3. The summed E-state index contributed by atoms with van der Waals surface area (Å²) in [4.78, 5) is 30.1. The maximum atomic E-state index is 13.4. The molecule has 1 aliphatic heterocycles. The van der Waals surface area contributed by atoms with Crippen LogP contribution in [0.1, 0.15) is 22.7 Å². The molecule has 1 saturated heterocycles. The Labute approximate surface area is 218 Å². The number of Topliss-reactive ketones (excluding diaryl/α,β-unsaturated/α-hetero) is 1. The number of anilines is 1. The molecule has 1 amide bonds. The van der Waals surface area contributed by atoms with Crippen LogP contribution in [0.2, 0.25) is 0 Å². The Morgan fingerprint density at radius 1 is 0.972 bits per heavy atom. The average Bonchev–Trinajstić information content (AvgIpc) is 3.13. The predicted octanol–water partition coefficient (Wildman–Crippen LogP) is 5.15. The van der Waals surface area contributed by atoms with Crippen molar-refractivity contribution < 1.29 is 24.2 Å². The van der Waals surface area contributed by atoms with E-state index in [4.69, 9.17) is 9.47 Å². The second-order valence-corrected chi connectivity index (χ2v) is 9.43. The molecule has 1 unspecified atom stereocenters. The maximum absolute atomic E-state index is 13.4. The zero-order valence-corrected chi connectivity index (χ0v) is 22.1. The number of likely N-dealkylation sites (tertiary alicyclic amines) is 1. The van der Waals surface area contributed by atoms with Crippen molar-refractivity contribution in [2.45, 2.75) is 12.6 Å². The number of benzene rings is 3. The van der Waals surface area contributed by atoms with Gasteiger partial charge in [-0.25, -0.2) is 0 Å². The van der Waals surface area contributed by atoms with Gasteiger partial charge in [-0.05, 0) is 57.9 Å². The molecule has 0 radical (unpaired) electrons. The first kappa shape index (κ1) is 25.3. The topological polar surface area (TPSA) is 79.3 Å². The van der Waals surface area contributed by atoms with E-state index in [-0.39, 0.29) is 17.9 Å². The van der Waals surface area contributed by atoms with Crippen molar-refractivity contribution in [1.82, 2.24) is 4.90 Å². The number of rotatable bonds is 7. The highest BCUT2D eigenvalue weighted by molar-refractivity contribution is 9.10. The minimum atomic E-state index is -0.785. The molecule has 186 valence electrons. The number of carbonyl (C=O) groups excluding carboxylic acids is 2. The molecule has 1 aliphatic rings. The van der Waals surface area contributed by atoms with Gasteiger partial charge in [0, 0.05) is 30.9 Å². The molecule has 0 bridgehead atoms. The summed E-state index contributed by atoms with van der Waals surface area (Å²) in [7, 11) is 6.97. The van der Waals surface area contributed by atoms with E-state index in [1.54, 1.807) is 32.4 Å². The Kier molecular flexibility index (Phi) is 7.35. The van der Waals surface area contributed by atoms with Gasteiger partial charge in [-0.15, -0.1) is 0 Å². The molecule has 7 nitrogen and oxygen atoms in total. The van der Waals surface area contributed by atoms with Crippen LogP contribution in [0.15, 0.2) is 76.8 Å². The first-order valence-electron chi connectivity index (χ1n) is 11.3. The highest BCUT2D eigenvalue weighted by Gasteiger charge is 2.46. The number of ether oxygens (including phenoxy) is 2. The maximum Gasteiger partial charge on any atom is 0.295 e. The lowest BCUT2D eigenvalue weighted by Gasteiger charge is -2.26. The minimum absolute atomic E-state index is 0.0320. The largest absolute Gasteiger partial charge is 0.507 e. The van der Waals surface area contributed by atoms with Crippen molar-refractivity contribution >= 4 is 39.1 Å². The van der Waals surface area contributed by atoms with E-state index in [1.165, 1.54) is 4.90 Å². The minimum Gasteiger partial charge on any atom is -0.507 e. The molecule has 0 aromatic heterocycles. The molecular weight excluding hydrogens is 524 g/mol. The van der Waals surface area contributed by atoms with Crippen LogP contribution in [-0.2, 0) is 16.1 Å². The molecule has 1 fully saturated rings. The third kappa shape index (κ3) is 4.68. The van der Waals surface area contributed by atoms with Crippen molar-refractivity contribution in [2.24, 2.45) is 0 Å². The van der Waals surface area contributed by atoms with Crippen LogP contribution in [0.25, 0.3) is 5.76 Å². The number of carbonyl (C=O) groups is 2. The monoisotopic (exact) mass is 550 g/mol. The first-order chi connectivity index (χ1) is 17.3. The number of hydrogen-bond acceptors (Lipinski definition) is 6. The number of nitrogens with zero attached hydrogens (tertiary/aromatic N) is 2. The van der Waals surface area contributed by atoms with Crippen LogP contribution in [-0.4, -0.2) is 50.0 Å². The van der Waals surface area contributed by atoms with Crippen molar-refractivity contribution in [1.29, 1.82) is 0 Å². The summed E-state index contributed by atoms with van der Waals surface area (Å²) in [6, 6.07) is 19.2. The summed E-state index contributed by atoms with van der Waals surface area (Å²) in [5.41, 5.74) is 2.87. The SMILES string of the molecule is COc1ccc(/C(O)=C2/C(=O)C(=O)N(Cc3ccccc3OC)C2c2ccc(N(C)C)cc2)cc1Br. The Balaban J connectivity index is 1.87. The molecule has 3 aromatic rings. The molecule has 1 N–H and O–H groups in total. The van der Waals surface area contributed by atoms with Gasteiger partial charge in [0.1, 0.15) is 17.3 Å². The summed E-state index contributed by atoms with van der Waals surface area (Å²) < 4.78 is 11.4. The van der Waals surface area contributed by atoms with E-state index in [1.807, 2.05) is 67.5 Å². The third-order valence-electron chi connectivity index (χ3n) is 6.22. The molecule has 0 saturated carbocycles. The fourth-order valence-electron chi connectivity index (χ4n) is 4.33. The number of aliphatic hydroxyl groups is 1. The van der Waals surface area contributed by atoms with E-state index >= 15 is 0 Å². The van der Waals surface area contributed by atoms with Crippen molar-refractivity contribution in [3.8, 4) is 11.5 Å². The van der Waals surface area contributed by atoms with Crippen molar-refractivity contribution in [3.05, 3.63) is 93.5 Å². The number of para-hydroxylation sites is 1. The predicted molar refractivity (Wildman–Crippen MR) is 142 cm³/mol. The van der Waals surface area contributed by atoms with E-state index in [0.717, 1.165) is 11.3 Å². The van der Waals surface area contributed by atoms with Gasteiger partial charge < -0.3 is 24.4 Å². The Hall–Kier alpha value is -3.78. The first-order valence-corrected chi connectivity index (χ1v) is 12.1. The zero-order valence-electron chi connectivity index (χ0n) is 20.5.